The zero-order valence-corrected chi connectivity index (χ0v) is 11.4. The van der Waals surface area contributed by atoms with Crippen molar-refractivity contribution in [2.45, 2.75) is 25.5 Å². The van der Waals surface area contributed by atoms with Crippen LogP contribution in [0.25, 0.3) is 0 Å². The first-order valence-electron chi connectivity index (χ1n) is 6.30. The van der Waals surface area contributed by atoms with Crippen LogP contribution in [0.5, 0.6) is 0 Å². The van der Waals surface area contributed by atoms with Crippen LogP contribution in [0, 0.1) is 0 Å². The fourth-order valence-electron chi connectivity index (χ4n) is 1.96. The number of aliphatic hydroxyl groups is 1. The first-order chi connectivity index (χ1) is 8.74. The molecule has 18 heavy (non-hydrogen) atoms. The molecule has 0 aliphatic rings. The number of benzene rings is 1. The van der Waals surface area contributed by atoms with Gasteiger partial charge in [-0.3, -0.25) is 5.32 Å². The summed E-state index contributed by atoms with van der Waals surface area (Å²) in [5.74, 6) is 0. The first kappa shape index (κ1) is 13.3. The van der Waals surface area contributed by atoms with E-state index in [2.05, 4.69) is 17.4 Å². The molecule has 1 heterocycles. The summed E-state index contributed by atoms with van der Waals surface area (Å²) in [4.78, 5) is 0.984. The summed E-state index contributed by atoms with van der Waals surface area (Å²) in [6, 6.07) is 14.3. The molecule has 0 spiro atoms. The Labute approximate surface area is 112 Å². The van der Waals surface area contributed by atoms with Crippen molar-refractivity contribution in [3.05, 3.63) is 58.3 Å². The van der Waals surface area contributed by atoms with Crippen molar-refractivity contribution in [2.24, 2.45) is 0 Å². The maximum Gasteiger partial charge on any atom is 0.151 e. The van der Waals surface area contributed by atoms with E-state index < -0.39 is 5.72 Å². The molecule has 0 amide bonds. The highest BCUT2D eigenvalue weighted by atomic mass is 32.1. The third-order valence-electron chi connectivity index (χ3n) is 3.11. The molecule has 0 saturated heterocycles. The summed E-state index contributed by atoms with van der Waals surface area (Å²) >= 11 is 1.59. The molecule has 1 aromatic carbocycles. The van der Waals surface area contributed by atoms with Crippen molar-refractivity contribution in [3.63, 3.8) is 0 Å². The largest absolute Gasteiger partial charge is 0.371 e. The molecule has 2 nitrogen and oxygen atoms in total. The highest BCUT2D eigenvalue weighted by Crippen LogP contribution is 2.26. The van der Waals surface area contributed by atoms with Crippen LogP contribution in [0.1, 0.15) is 23.8 Å². The Bertz CT molecular complexity index is 455. The number of hydrogen-bond acceptors (Lipinski definition) is 3. The molecule has 2 N–H and O–H groups in total. The third-order valence-corrected chi connectivity index (χ3v) is 4.14. The van der Waals surface area contributed by atoms with E-state index in [0.29, 0.717) is 6.42 Å². The summed E-state index contributed by atoms with van der Waals surface area (Å²) in [5, 5.41) is 15.8. The highest BCUT2D eigenvalue weighted by molar-refractivity contribution is 7.10. The summed E-state index contributed by atoms with van der Waals surface area (Å²) < 4.78 is 0. The lowest BCUT2D eigenvalue weighted by atomic mass is 10.1. The van der Waals surface area contributed by atoms with Gasteiger partial charge in [0.25, 0.3) is 0 Å². The second-order valence-corrected chi connectivity index (χ2v) is 5.30. The van der Waals surface area contributed by atoms with Crippen LogP contribution in [-0.4, -0.2) is 11.7 Å². The van der Waals surface area contributed by atoms with Crippen LogP contribution in [-0.2, 0) is 12.1 Å². The number of hydrogen-bond donors (Lipinski definition) is 2. The zero-order valence-electron chi connectivity index (χ0n) is 10.6. The van der Waals surface area contributed by atoms with Crippen molar-refractivity contribution in [1.82, 2.24) is 5.32 Å². The number of rotatable bonds is 6. The Morgan fingerprint density at radius 3 is 2.56 bits per heavy atom. The Hall–Kier alpha value is -1.16. The average molecular weight is 261 g/mol. The quantitative estimate of drug-likeness (QED) is 0.783. The maximum atomic E-state index is 10.6. The molecule has 0 radical (unpaired) electrons. The van der Waals surface area contributed by atoms with Gasteiger partial charge in [-0.25, -0.2) is 0 Å². The highest BCUT2D eigenvalue weighted by Gasteiger charge is 2.26. The van der Waals surface area contributed by atoms with Crippen LogP contribution in [0.4, 0.5) is 0 Å². The zero-order chi connectivity index (χ0) is 12.8. The lowest BCUT2D eigenvalue weighted by molar-refractivity contribution is 0.000566. The third kappa shape index (κ3) is 3.19. The van der Waals surface area contributed by atoms with Crippen LogP contribution in [0.3, 0.4) is 0 Å². The minimum Gasteiger partial charge on any atom is -0.371 e. The Morgan fingerprint density at radius 1 is 1.17 bits per heavy atom. The number of thiophene rings is 1. The van der Waals surface area contributed by atoms with E-state index >= 15 is 0 Å². The van der Waals surface area contributed by atoms with E-state index in [1.807, 2.05) is 42.6 Å². The lowest BCUT2D eigenvalue weighted by Crippen LogP contribution is -2.42. The fraction of sp³-hybridized carbons (Fsp3) is 0.333. The molecule has 2 aromatic rings. The standard InChI is InChI=1S/C15H19NOS/c1-2-15(17,14-9-6-12-18-14)16-11-10-13-7-4-3-5-8-13/h3-9,12,16-17H,2,10-11H2,1H3/t15-/m1/s1. The molecule has 0 aliphatic carbocycles. The normalized spacial score (nSPS) is 14.3. The van der Waals surface area contributed by atoms with Gasteiger partial charge in [0.15, 0.2) is 5.72 Å². The van der Waals surface area contributed by atoms with Crippen molar-refractivity contribution in [2.75, 3.05) is 6.54 Å². The van der Waals surface area contributed by atoms with E-state index in [0.717, 1.165) is 17.8 Å². The van der Waals surface area contributed by atoms with Gasteiger partial charge in [-0.1, -0.05) is 43.3 Å². The van der Waals surface area contributed by atoms with Crippen LogP contribution < -0.4 is 5.32 Å². The van der Waals surface area contributed by atoms with E-state index in [-0.39, 0.29) is 0 Å². The lowest BCUT2D eigenvalue weighted by Gasteiger charge is -2.27. The Morgan fingerprint density at radius 2 is 1.94 bits per heavy atom. The first-order valence-corrected chi connectivity index (χ1v) is 7.18. The summed E-state index contributed by atoms with van der Waals surface area (Å²) in [6.45, 7) is 2.77. The van der Waals surface area contributed by atoms with Gasteiger partial charge < -0.3 is 5.11 Å². The second-order valence-electron chi connectivity index (χ2n) is 4.35. The van der Waals surface area contributed by atoms with Gasteiger partial charge in [-0.15, -0.1) is 11.3 Å². The van der Waals surface area contributed by atoms with Gasteiger partial charge in [-0.05, 0) is 29.9 Å². The molecular weight excluding hydrogens is 242 g/mol. The van der Waals surface area contributed by atoms with Crippen LogP contribution in [0.2, 0.25) is 0 Å². The minimum absolute atomic E-state index is 0.669. The fourth-order valence-corrected chi connectivity index (χ4v) is 2.83. The van der Waals surface area contributed by atoms with E-state index in [9.17, 15) is 5.11 Å². The summed E-state index contributed by atoms with van der Waals surface area (Å²) in [6.07, 6.45) is 1.59. The molecule has 2 rings (SSSR count). The summed E-state index contributed by atoms with van der Waals surface area (Å²) in [5.41, 5.74) is 0.401. The molecule has 96 valence electrons. The van der Waals surface area contributed by atoms with Gasteiger partial charge in [0.05, 0.1) is 4.88 Å². The van der Waals surface area contributed by atoms with Gasteiger partial charge in [0, 0.05) is 6.54 Å². The Balaban J connectivity index is 1.92. The SMILES string of the molecule is CC[C@](O)(NCCc1ccccc1)c1cccs1. The average Bonchev–Trinajstić information content (AvgIpc) is 2.94. The van der Waals surface area contributed by atoms with Crippen molar-refractivity contribution >= 4 is 11.3 Å². The predicted molar refractivity (Wildman–Crippen MR) is 76.7 cm³/mol. The molecule has 0 bridgehead atoms. The van der Waals surface area contributed by atoms with Crippen molar-refractivity contribution < 1.29 is 5.11 Å². The van der Waals surface area contributed by atoms with Gasteiger partial charge in [0.2, 0.25) is 0 Å². The molecule has 0 aliphatic heterocycles. The molecule has 0 fully saturated rings. The van der Waals surface area contributed by atoms with Gasteiger partial charge >= 0.3 is 0 Å². The predicted octanol–water partition coefficient (Wildman–Crippen LogP) is 3.14. The Kier molecular flexibility index (Phi) is 4.53. The monoisotopic (exact) mass is 261 g/mol. The van der Waals surface area contributed by atoms with E-state index in [4.69, 9.17) is 0 Å². The van der Waals surface area contributed by atoms with Crippen molar-refractivity contribution in [1.29, 1.82) is 0 Å². The van der Waals surface area contributed by atoms with Crippen molar-refractivity contribution in [3.8, 4) is 0 Å². The molecular formula is C15H19NOS. The van der Waals surface area contributed by atoms with Crippen LogP contribution in [0.15, 0.2) is 47.8 Å². The number of nitrogens with one attached hydrogen (secondary N) is 1. The minimum atomic E-state index is -0.886. The maximum absolute atomic E-state index is 10.6. The molecule has 0 unspecified atom stereocenters. The molecule has 3 heteroatoms. The smallest absolute Gasteiger partial charge is 0.151 e. The van der Waals surface area contributed by atoms with Gasteiger partial charge in [-0.2, -0.15) is 0 Å². The molecule has 1 aromatic heterocycles. The molecule has 0 saturated carbocycles. The van der Waals surface area contributed by atoms with E-state index in [1.54, 1.807) is 11.3 Å². The summed E-state index contributed by atoms with van der Waals surface area (Å²) in [7, 11) is 0. The van der Waals surface area contributed by atoms with Crippen LogP contribution >= 0.6 is 11.3 Å². The second kappa shape index (κ2) is 6.14. The van der Waals surface area contributed by atoms with E-state index in [1.165, 1.54) is 5.56 Å². The molecule has 1 atom stereocenters. The van der Waals surface area contributed by atoms with Gasteiger partial charge in [0.1, 0.15) is 0 Å². The topological polar surface area (TPSA) is 32.3 Å².